The van der Waals surface area contributed by atoms with Gasteiger partial charge in [0.15, 0.2) is 0 Å². The number of imidazole rings is 1. The van der Waals surface area contributed by atoms with Gasteiger partial charge >= 0.3 is 0 Å². The van der Waals surface area contributed by atoms with Crippen molar-refractivity contribution in [2.75, 3.05) is 33.2 Å². The molecule has 0 saturated carbocycles. The molecule has 5 nitrogen and oxygen atoms in total. The van der Waals surface area contributed by atoms with Crippen LogP contribution in [0.1, 0.15) is 38.9 Å². The smallest absolute Gasteiger partial charge is 0.229 e. The van der Waals surface area contributed by atoms with Crippen LogP contribution in [-0.2, 0) is 18.3 Å². The third-order valence-corrected chi connectivity index (χ3v) is 4.90. The number of aryl methyl sites for hydroxylation is 2. The van der Waals surface area contributed by atoms with Crippen molar-refractivity contribution in [3.63, 3.8) is 0 Å². The quantitative estimate of drug-likeness (QED) is 0.806. The number of carbonyl (C=O) groups is 1. The maximum absolute atomic E-state index is 12.8. The molecule has 22 heavy (non-hydrogen) atoms. The van der Waals surface area contributed by atoms with Gasteiger partial charge in [0.2, 0.25) is 5.91 Å². The highest BCUT2D eigenvalue weighted by Crippen LogP contribution is 2.31. The fraction of sp³-hybridized carbons (Fsp3) is 0.765. The second-order valence-corrected chi connectivity index (χ2v) is 6.82. The minimum atomic E-state index is -0.216. The lowest BCUT2D eigenvalue weighted by Gasteiger charge is -2.41. The molecule has 1 aliphatic heterocycles. The fourth-order valence-electron chi connectivity index (χ4n) is 3.46. The number of aromatic nitrogens is 2. The van der Waals surface area contributed by atoms with Crippen molar-refractivity contribution in [1.29, 1.82) is 0 Å². The molecule has 0 radical (unpaired) electrons. The normalized spacial score (nSPS) is 22.7. The zero-order chi connectivity index (χ0) is 16.2. The number of hydrogen-bond acceptors (Lipinski definition) is 3. The summed E-state index contributed by atoms with van der Waals surface area (Å²) in [4.78, 5) is 21.5. The Morgan fingerprint density at radius 1 is 1.50 bits per heavy atom. The lowest BCUT2D eigenvalue weighted by molar-refractivity contribution is -0.143. The van der Waals surface area contributed by atoms with E-state index in [2.05, 4.69) is 23.7 Å². The van der Waals surface area contributed by atoms with Crippen molar-refractivity contribution >= 4 is 5.91 Å². The summed E-state index contributed by atoms with van der Waals surface area (Å²) in [6.45, 7) is 8.16. The standard InChI is InChI=1S/C17H30N4O/c1-5-21-12-7-9-17(2,14-21)16(22)20(4)11-6-8-15-18-10-13-19(15)3/h10,13H,5-9,11-12,14H2,1-4H3. The van der Waals surface area contributed by atoms with Crippen LogP contribution in [-0.4, -0.2) is 58.5 Å². The van der Waals surface area contributed by atoms with Crippen LogP contribution in [0.3, 0.4) is 0 Å². The van der Waals surface area contributed by atoms with Crippen molar-refractivity contribution in [3.8, 4) is 0 Å². The molecule has 5 heteroatoms. The molecule has 1 amide bonds. The minimum absolute atomic E-state index is 0.216. The van der Waals surface area contributed by atoms with Gasteiger partial charge in [-0.25, -0.2) is 4.98 Å². The predicted molar refractivity (Wildman–Crippen MR) is 88.6 cm³/mol. The van der Waals surface area contributed by atoms with Gasteiger partial charge in [-0.05, 0) is 39.3 Å². The number of likely N-dealkylation sites (tertiary alicyclic amines) is 1. The summed E-state index contributed by atoms with van der Waals surface area (Å²) < 4.78 is 2.05. The maximum Gasteiger partial charge on any atom is 0.229 e. The third-order valence-electron chi connectivity index (χ3n) is 4.90. The number of rotatable bonds is 6. The summed E-state index contributed by atoms with van der Waals surface area (Å²) in [5, 5.41) is 0. The first kappa shape index (κ1) is 17.0. The molecule has 1 saturated heterocycles. The van der Waals surface area contributed by atoms with E-state index >= 15 is 0 Å². The summed E-state index contributed by atoms with van der Waals surface area (Å²) in [7, 11) is 3.95. The molecule has 0 aromatic carbocycles. The van der Waals surface area contributed by atoms with Gasteiger partial charge in [-0.15, -0.1) is 0 Å². The predicted octanol–water partition coefficient (Wildman–Crippen LogP) is 1.93. The molecule has 1 atom stereocenters. The molecule has 0 bridgehead atoms. The average molecular weight is 306 g/mol. The second kappa shape index (κ2) is 7.27. The van der Waals surface area contributed by atoms with Crippen LogP contribution in [0.25, 0.3) is 0 Å². The Bertz CT molecular complexity index is 499. The summed E-state index contributed by atoms with van der Waals surface area (Å²) >= 11 is 0. The van der Waals surface area contributed by atoms with Crippen molar-refractivity contribution in [1.82, 2.24) is 19.4 Å². The van der Waals surface area contributed by atoms with E-state index in [1.165, 1.54) is 0 Å². The van der Waals surface area contributed by atoms with E-state index in [0.29, 0.717) is 5.91 Å². The molecular weight excluding hydrogens is 276 g/mol. The van der Waals surface area contributed by atoms with Crippen LogP contribution in [0, 0.1) is 5.41 Å². The Morgan fingerprint density at radius 3 is 2.91 bits per heavy atom. The molecule has 0 spiro atoms. The van der Waals surface area contributed by atoms with Crippen LogP contribution in [0.5, 0.6) is 0 Å². The monoisotopic (exact) mass is 306 g/mol. The first-order valence-corrected chi connectivity index (χ1v) is 8.40. The van der Waals surface area contributed by atoms with Crippen molar-refractivity contribution in [2.45, 2.75) is 39.5 Å². The second-order valence-electron chi connectivity index (χ2n) is 6.82. The van der Waals surface area contributed by atoms with Crippen molar-refractivity contribution < 1.29 is 4.79 Å². The molecule has 1 fully saturated rings. The largest absolute Gasteiger partial charge is 0.345 e. The van der Waals surface area contributed by atoms with Gasteiger partial charge in [0, 0.05) is 46.0 Å². The summed E-state index contributed by atoms with van der Waals surface area (Å²) in [5.41, 5.74) is -0.216. The number of piperidine rings is 1. The van der Waals surface area contributed by atoms with Gasteiger partial charge in [-0.3, -0.25) is 4.79 Å². The molecule has 124 valence electrons. The molecule has 0 N–H and O–H groups in total. The van der Waals surface area contributed by atoms with E-state index in [9.17, 15) is 4.79 Å². The van der Waals surface area contributed by atoms with Gasteiger partial charge < -0.3 is 14.4 Å². The zero-order valence-electron chi connectivity index (χ0n) is 14.5. The summed E-state index contributed by atoms with van der Waals surface area (Å²) in [6, 6.07) is 0. The van der Waals surface area contributed by atoms with Crippen LogP contribution in [0.15, 0.2) is 12.4 Å². The third kappa shape index (κ3) is 3.88. The molecule has 1 unspecified atom stereocenters. The molecule has 1 aromatic rings. The molecule has 1 aliphatic rings. The average Bonchev–Trinajstić information content (AvgIpc) is 2.91. The Morgan fingerprint density at radius 2 is 2.27 bits per heavy atom. The highest BCUT2D eigenvalue weighted by molar-refractivity contribution is 5.82. The van der Waals surface area contributed by atoms with Crippen molar-refractivity contribution in [2.24, 2.45) is 12.5 Å². The van der Waals surface area contributed by atoms with Gasteiger partial charge in [0.05, 0.1) is 5.41 Å². The van der Waals surface area contributed by atoms with E-state index in [4.69, 9.17) is 0 Å². The van der Waals surface area contributed by atoms with Crippen LogP contribution in [0.4, 0.5) is 0 Å². The first-order valence-electron chi connectivity index (χ1n) is 8.40. The maximum atomic E-state index is 12.8. The van der Waals surface area contributed by atoms with Crippen LogP contribution in [0.2, 0.25) is 0 Å². The number of amides is 1. The number of nitrogens with zero attached hydrogens (tertiary/aromatic N) is 4. The minimum Gasteiger partial charge on any atom is -0.345 e. The number of carbonyl (C=O) groups excluding carboxylic acids is 1. The summed E-state index contributed by atoms with van der Waals surface area (Å²) in [5.74, 6) is 1.38. The lowest BCUT2D eigenvalue weighted by atomic mass is 9.80. The molecule has 2 rings (SSSR count). The Hall–Kier alpha value is -1.36. The van der Waals surface area contributed by atoms with E-state index in [1.54, 1.807) is 0 Å². The SMILES string of the molecule is CCN1CCCC(C)(C(=O)N(C)CCCc2nccn2C)C1. The van der Waals surface area contributed by atoms with E-state index in [-0.39, 0.29) is 5.41 Å². The molecule has 1 aromatic heterocycles. The Kier molecular flexibility index (Phi) is 5.62. The Balaban J connectivity index is 1.84. The lowest BCUT2D eigenvalue weighted by Crippen LogP contribution is -2.50. The first-order chi connectivity index (χ1) is 10.5. The zero-order valence-corrected chi connectivity index (χ0v) is 14.5. The molecule has 0 aliphatic carbocycles. The van der Waals surface area contributed by atoms with Crippen LogP contribution < -0.4 is 0 Å². The summed E-state index contributed by atoms with van der Waals surface area (Å²) in [6.07, 6.45) is 7.79. The molecular formula is C17H30N4O. The highest BCUT2D eigenvalue weighted by atomic mass is 16.2. The number of hydrogen-bond donors (Lipinski definition) is 0. The molecule has 2 heterocycles. The Labute approximate surface area is 134 Å². The highest BCUT2D eigenvalue weighted by Gasteiger charge is 2.38. The van der Waals surface area contributed by atoms with Gasteiger partial charge in [-0.2, -0.15) is 0 Å². The van der Waals surface area contributed by atoms with Gasteiger partial charge in [0.25, 0.3) is 0 Å². The topological polar surface area (TPSA) is 41.4 Å². The van der Waals surface area contributed by atoms with E-state index in [0.717, 1.165) is 57.7 Å². The van der Waals surface area contributed by atoms with E-state index in [1.807, 2.05) is 36.0 Å². The van der Waals surface area contributed by atoms with E-state index < -0.39 is 0 Å². The van der Waals surface area contributed by atoms with Crippen molar-refractivity contribution in [3.05, 3.63) is 18.2 Å². The fourth-order valence-corrected chi connectivity index (χ4v) is 3.46. The van der Waals surface area contributed by atoms with Gasteiger partial charge in [0.1, 0.15) is 5.82 Å². The van der Waals surface area contributed by atoms with Gasteiger partial charge in [-0.1, -0.05) is 6.92 Å². The van der Waals surface area contributed by atoms with Crippen LogP contribution >= 0.6 is 0 Å².